The molecule has 0 aliphatic carbocycles. The van der Waals surface area contributed by atoms with Crippen molar-refractivity contribution >= 4 is 0 Å². The molecule has 0 atom stereocenters. The van der Waals surface area contributed by atoms with E-state index in [-0.39, 0.29) is 6.61 Å². The summed E-state index contributed by atoms with van der Waals surface area (Å²) >= 11 is 0. The van der Waals surface area contributed by atoms with Gasteiger partial charge in [0.05, 0.1) is 20.2 Å². The van der Waals surface area contributed by atoms with Crippen LogP contribution in [0.3, 0.4) is 0 Å². The number of aryl methyl sites for hydroxylation is 1. The van der Waals surface area contributed by atoms with Crippen LogP contribution < -0.4 is 0 Å². The molecule has 0 radical (unpaired) electrons. The topological polar surface area (TPSA) is 67.1 Å². The zero-order valence-electron chi connectivity index (χ0n) is 8.88. The van der Waals surface area contributed by atoms with Gasteiger partial charge in [-0.2, -0.15) is 4.80 Å². The van der Waals surface area contributed by atoms with Crippen LogP contribution in [0.15, 0.2) is 0 Å². The van der Waals surface area contributed by atoms with E-state index < -0.39 is 0 Å². The zero-order chi connectivity index (χ0) is 10.6. The molecule has 0 spiro atoms. The summed E-state index contributed by atoms with van der Waals surface area (Å²) in [6.07, 6.45) is 0. The van der Waals surface area contributed by atoms with Gasteiger partial charge in [-0.25, -0.2) is 0 Å². The highest BCUT2D eigenvalue weighted by molar-refractivity contribution is 4.78. The lowest BCUT2D eigenvalue weighted by atomic mass is 10.3. The first-order valence-corrected chi connectivity index (χ1v) is 4.71. The maximum Gasteiger partial charge on any atom is 0.188 e. The molecular formula is C8H17N5O. The van der Waals surface area contributed by atoms with Gasteiger partial charge in [0.2, 0.25) is 0 Å². The van der Waals surface area contributed by atoms with Gasteiger partial charge in [0, 0.05) is 12.6 Å². The molecule has 1 aromatic rings. The lowest BCUT2D eigenvalue weighted by Crippen LogP contribution is -2.33. The fourth-order valence-corrected chi connectivity index (χ4v) is 1.22. The van der Waals surface area contributed by atoms with Gasteiger partial charge in [-0.05, 0) is 19.1 Å². The summed E-state index contributed by atoms with van der Waals surface area (Å²) in [5.41, 5.74) is 0. The number of aliphatic hydroxyl groups is 1. The molecule has 1 aromatic heterocycles. The van der Waals surface area contributed by atoms with Crippen molar-refractivity contribution < 1.29 is 5.11 Å². The first-order valence-electron chi connectivity index (χ1n) is 4.71. The van der Waals surface area contributed by atoms with Gasteiger partial charge >= 0.3 is 0 Å². The number of hydrogen-bond acceptors (Lipinski definition) is 5. The number of aromatic nitrogens is 4. The molecule has 14 heavy (non-hydrogen) atoms. The Morgan fingerprint density at radius 3 is 2.64 bits per heavy atom. The van der Waals surface area contributed by atoms with Crippen LogP contribution in [0.1, 0.15) is 19.7 Å². The summed E-state index contributed by atoms with van der Waals surface area (Å²) in [7, 11) is 1.74. The van der Waals surface area contributed by atoms with E-state index in [0.717, 1.165) is 0 Å². The molecule has 0 fully saturated rings. The van der Waals surface area contributed by atoms with Crippen molar-refractivity contribution in [2.75, 3.05) is 13.2 Å². The van der Waals surface area contributed by atoms with Crippen molar-refractivity contribution in [1.29, 1.82) is 0 Å². The number of nitrogens with zero attached hydrogens (tertiary/aromatic N) is 5. The lowest BCUT2D eigenvalue weighted by Gasteiger charge is -2.23. The van der Waals surface area contributed by atoms with Crippen LogP contribution in [-0.2, 0) is 13.6 Å². The first-order chi connectivity index (χ1) is 6.63. The Labute approximate surface area is 83.5 Å². The first kappa shape index (κ1) is 11.1. The lowest BCUT2D eigenvalue weighted by molar-refractivity contribution is 0.156. The third-order valence-electron chi connectivity index (χ3n) is 2.01. The minimum atomic E-state index is 0.151. The standard InChI is InChI=1S/C8H17N5O/c1-7(2)13(4-5-14)6-8-9-11-12(3)10-8/h7,14H,4-6H2,1-3H3. The van der Waals surface area contributed by atoms with E-state index >= 15 is 0 Å². The van der Waals surface area contributed by atoms with Crippen molar-refractivity contribution in [1.82, 2.24) is 25.1 Å². The predicted octanol–water partition coefficient (Wildman–Crippen LogP) is -0.587. The molecule has 0 amide bonds. The Morgan fingerprint density at radius 2 is 2.21 bits per heavy atom. The summed E-state index contributed by atoms with van der Waals surface area (Å²) in [5, 5.41) is 20.6. The minimum Gasteiger partial charge on any atom is -0.395 e. The summed E-state index contributed by atoms with van der Waals surface area (Å²) in [4.78, 5) is 3.53. The molecule has 0 aromatic carbocycles. The van der Waals surface area contributed by atoms with Crippen LogP contribution in [0, 0.1) is 0 Å². The third-order valence-corrected chi connectivity index (χ3v) is 2.01. The second kappa shape index (κ2) is 5.02. The van der Waals surface area contributed by atoms with Gasteiger partial charge in [0.1, 0.15) is 0 Å². The molecular weight excluding hydrogens is 182 g/mol. The second-order valence-electron chi connectivity index (χ2n) is 3.48. The molecule has 0 bridgehead atoms. The normalized spacial score (nSPS) is 11.6. The smallest absolute Gasteiger partial charge is 0.188 e. The van der Waals surface area contributed by atoms with Crippen molar-refractivity contribution in [3.05, 3.63) is 5.82 Å². The highest BCUT2D eigenvalue weighted by Crippen LogP contribution is 2.02. The van der Waals surface area contributed by atoms with E-state index in [1.54, 1.807) is 7.05 Å². The van der Waals surface area contributed by atoms with Crippen molar-refractivity contribution in [3.8, 4) is 0 Å². The maximum absolute atomic E-state index is 8.87. The monoisotopic (exact) mass is 199 g/mol. The number of hydrogen-bond donors (Lipinski definition) is 1. The predicted molar refractivity (Wildman–Crippen MR) is 51.4 cm³/mol. The summed E-state index contributed by atoms with van der Waals surface area (Å²) in [5.74, 6) is 0.689. The van der Waals surface area contributed by atoms with Gasteiger partial charge in [-0.3, -0.25) is 4.90 Å². The highest BCUT2D eigenvalue weighted by atomic mass is 16.3. The van der Waals surface area contributed by atoms with Crippen molar-refractivity contribution in [3.63, 3.8) is 0 Å². The van der Waals surface area contributed by atoms with E-state index in [1.807, 2.05) is 0 Å². The fourth-order valence-electron chi connectivity index (χ4n) is 1.22. The van der Waals surface area contributed by atoms with Gasteiger partial charge in [-0.15, -0.1) is 10.2 Å². The molecule has 6 nitrogen and oxygen atoms in total. The third kappa shape index (κ3) is 3.04. The second-order valence-corrected chi connectivity index (χ2v) is 3.48. The van der Waals surface area contributed by atoms with Crippen LogP contribution in [0.25, 0.3) is 0 Å². The van der Waals surface area contributed by atoms with Crippen LogP contribution in [0.5, 0.6) is 0 Å². The molecule has 1 heterocycles. The SMILES string of the molecule is CC(C)N(CCO)Cc1nnn(C)n1. The fraction of sp³-hybridized carbons (Fsp3) is 0.875. The van der Waals surface area contributed by atoms with Crippen LogP contribution in [-0.4, -0.2) is 49.4 Å². The zero-order valence-corrected chi connectivity index (χ0v) is 8.88. The van der Waals surface area contributed by atoms with E-state index in [0.29, 0.717) is 25.0 Å². The Kier molecular flexibility index (Phi) is 3.97. The van der Waals surface area contributed by atoms with E-state index in [4.69, 9.17) is 5.11 Å². The molecule has 0 unspecified atom stereocenters. The Balaban J connectivity index is 2.55. The number of aliphatic hydroxyl groups excluding tert-OH is 1. The van der Waals surface area contributed by atoms with Crippen LogP contribution in [0.2, 0.25) is 0 Å². The molecule has 0 saturated carbocycles. The largest absolute Gasteiger partial charge is 0.395 e. The minimum absolute atomic E-state index is 0.151. The van der Waals surface area contributed by atoms with Gasteiger partial charge < -0.3 is 5.11 Å². The van der Waals surface area contributed by atoms with Crippen molar-refractivity contribution in [2.45, 2.75) is 26.4 Å². The number of rotatable bonds is 5. The summed E-state index contributed by atoms with van der Waals surface area (Å²) < 4.78 is 0. The summed E-state index contributed by atoms with van der Waals surface area (Å²) in [6.45, 7) is 5.57. The van der Waals surface area contributed by atoms with Crippen LogP contribution in [0.4, 0.5) is 0 Å². The van der Waals surface area contributed by atoms with Gasteiger partial charge in [0.25, 0.3) is 0 Å². The molecule has 1 rings (SSSR count). The van der Waals surface area contributed by atoms with Gasteiger partial charge in [-0.1, -0.05) is 0 Å². The van der Waals surface area contributed by atoms with Crippen molar-refractivity contribution in [2.24, 2.45) is 7.05 Å². The Bertz CT molecular complexity index is 272. The van der Waals surface area contributed by atoms with E-state index in [1.165, 1.54) is 4.80 Å². The molecule has 0 saturated heterocycles. The van der Waals surface area contributed by atoms with Gasteiger partial charge in [0.15, 0.2) is 5.82 Å². The Morgan fingerprint density at radius 1 is 1.50 bits per heavy atom. The highest BCUT2D eigenvalue weighted by Gasteiger charge is 2.12. The molecule has 1 N–H and O–H groups in total. The average Bonchev–Trinajstić information content (AvgIpc) is 2.50. The Hall–Kier alpha value is -1.01. The molecule has 80 valence electrons. The average molecular weight is 199 g/mol. The number of tetrazole rings is 1. The molecule has 0 aliphatic rings. The quantitative estimate of drug-likeness (QED) is 0.686. The van der Waals surface area contributed by atoms with Crippen LogP contribution >= 0.6 is 0 Å². The molecule has 0 aliphatic heterocycles. The van der Waals surface area contributed by atoms with E-state index in [9.17, 15) is 0 Å². The maximum atomic E-state index is 8.87. The summed E-state index contributed by atoms with van der Waals surface area (Å²) in [6, 6.07) is 0.367. The molecule has 6 heteroatoms. The van der Waals surface area contributed by atoms with E-state index in [2.05, 4.69) is 34.2 Å².